The first-order valence-electron chi connectivity index (χ1n) is 9.46. The molecule has 3 aromatic rings. The number of imidazole rings is 1. The van der Waals surface area contributed by atoms with Gasteiger partial charge in [-0.2, -0.15) is 0 Å². The molecule has 2 atom stereocenters. The van der Waals surface area contributed by atoms with E-state index in [1.54, 1.807) is 6.92 Å². The van der Waals surface area contributed by atoms with E-state index in [1.807, 2.05) is 48.5 Å². The van der Waals surface area contributed by atoms with E-state index in [9.17, 15) is 9.90 Å². The van der Waals surface area contributed by atoms with Gasteiger partial charge in [-0.15, -0.1) is 0 Å². The minimum Gasteiger partial charge on any atom is -0.461 e. The standard InChI is InChI=1S/C22H20Cl2N2O3S/c1-22(28)10-17(29-18(27)11-22)12-30-21-25-19(13-4-2-6-15(23)8-13)20(26-21)14-5-3-7-16(24)9-14/h2-9,17,28H,10-12H2,1H3,(H,25,26)/t17-,22+/m1/s1. The molecular formula is C22H20Cl2N2O3S. The zero-order valence-electron chi connectivity index (χ0n) is 16.2. The Kier molecular flexibility index (Phi) is 6.11. The highest BCUT2D eigenvalue weighted by Gasteiger charge is 2.36. The molecule has 2 heterocycles. The van der Waals surface area contributed by atoms with Crippen molar-refractivity contribution in [2.24, 2.45) is 0 Å². The number of aromatic amines is 1. The fourth-order valence-corrected chi connectivity index (χ4v) is 4.77. The predicted octanol–water partition coefficient (Wildman–Crippen LogP) is 5.60. The maximum atomic E-state index is 11.8. The molecule has 1 saturated heterocycles. The molecule has 0 bridgehead atoms. The van der Waals surface area contributed by atoms with Crippen molar-refractivity contribution in [2.45, 2.75) is 36.6 Å². The molecule has 1 fully saturated rings. The molecule has 0 aliphatic carbocycles. The summed E-state index contributed by atoms with van der Waals surface area (Å²) in [5, 5.41) is 12.2. The van der Waals surface area contributed by atoms with E-state index in [4.69, 9.17) is 32.9 Å². The SMILES string of the molecule is C[C@@]1(O)CC(=O)O[C@@H](CSc2nc(-c3cccc(Cl)c3)c(-c3cccc(Cl)c3)[nH]2)C1. The van der Waals surface area contributed by atoms with Gasteiger partial charge < -0.3 is 14.8 Å². The summed E-state index contributed by atoms with van der Waals surface area (Å²) < 4.78 is 5.39. The van der Waals surface area contributed by atoms with Crippen LogP contribution in [0.3, 0.4) is 0 Å². The Morgan fingerprint density at radius 1 is 1.20 bits per heavy atom. The fourth-order valence-electron chi connectivity index (χ4n) is 3.53. The maximum Gasteiger partial charge on any atom is 0.309 e. The van der Waals surface area contributed by atoms with Crippen LogP contribution >= 0.6 is 35.0 Å². The Morgan fingerprint density at radius 2 is 1.87 bits per heavy atom. The smallest absolute Gasteiger partial charge is 0.309 e. The molecule has 156 valence electrons. The van der Waals surface area contributed by atoms with Gasteiger partial charge in [-0.3, -0.25) is 4.79 Å². The summed E-state index contributed by atoms with van der Waals surface area (Å²) in [7, 11) is 0. The second kappa shape index (κ2) is 8.63. The van der Waals surface area contributed by atoms with Crippen molar-refractivity contribution in [3.05, 3.63) is 58.6 Å². The summed E-state index contributed by atoms with van der Waals surface area (Å²) in [5.74, 6) is 0.106. The van der Waals surface area contributed by atoms with E-state index in [-0.39, 0.29) is 18.5 Å². The number of nitrogens with one attached hydrogen (secondary N) is 1. The van der Waals surface area contributed by atoms with Crippen molar-refractivity contribution in [3.63, 3.8) is 0 Å². The monoisotopic (exact) mass is 462 g/mol. The molecular weight excluding hydrogens is 443 g/mol. The van der Waals surface area contributed by atoms with Crippen LogP contribution in [0.25, 0.3) is 22.5 Å². The molecule has 1 aromatic heterocycles. The number of carbonyl (C=O) groups is 1. The number of hydrogen-bond acceptors (Lipinski definition) is 5. The molecule has 2 aromatic carbocycles. The maximum absolute atomic E-state index is 11.8. The van der Waals surface area contributed by atoms with Crippen molar-refractivity contribution >= 4 is 40.9 Å². The van der Waals surface area contributed by atoms with E-state index in [1.165, 1.54) is 11.8 Å². The molecule has 1 aliphatic heterocycles. The quantitative estimate of drug-likeness (QED) is 0.381. The Hall–Kier alpha value is -1.99. The molecule has 8 heteroatoms. The Morgan fingerprint density at radius 3 is 2.53 bits per heavy atom. The molecule has 0 amide bonds. The van der Waals surface area contributed by atoms with E-state index in [0.29, 0.717) is 27.4 Å². The molecule has 0 saturated carbocycles. The number of H-pyrrole nitrogens is 1. The normalized spacial score (nSPS) is 21.5. The number of carbonyl (C=O) groups excluding carboxylic acids is 1. The van der Waals surface area contributed by atoms with Crippen LogP contribution in [0.5, 0.6) is 0 Å². The zero-order valence-corrected chi connectivity index (χ0v) is 18.5. The van der Waals surface area contributed by atoms with Gasteiger partial charge in [0.15, 0.2) is 5.16 Å². The highest BCUT2D eigenvalue weighted by Crippen LogP contribution is 2.35. The topological polar surface area (TPSA) is 75.2 Å². The van der Waals surface area contributed by atoms with Crippen LogP contribution < -0.4 is 0 Å². The van der Waals surface area contributed by atoms with Gasteiger partial charge in [0.05, 0.1) is 23.4 Å². The van der Waals surface area contributed by atoms with Gasteiger partial charge in [-0.1, -0.05) is 59.2 Å². The number of rotatable bonds is 5. The summed E-state index contributed by atoms with van der Waals surface area (Å²) in [6.45, 7) is 1.66. The first-order valence-corrected chi connectivity index (χ1v) is 11.2. The largest absolute Gasteiger partial charge is 0.461 e. The number of thioether (sulfide) groups is 1. The van der Waals surface area contributed by atoms with Crippen molar-refractivity contribution in [1.29, 1.82) is 0 Å². The number of nitrogens with zero attached hydrogens (tertiary/aromatic N) is 1. The molecule has 4 rings (SSSR count). The molecule has 0 unspecified atom stereocenters. The molecule has 30 heavy (non-hydrogen) atoms. The average molecular weight is 463 g/mol. The summed E-state index contributed by atoms with van der Waals surface area (Å²) >= 11 is 13.8. The number of aliphatic hydroxyl groups is 1. The minimum atomic E-state index is -1.04. The van der Waals surface area contributed by atoms with Crippen molar-refractivity contribution in [2.75, 3.05) is 5.75 Å². The third-order valence-electron chi connectivity index (χ3n) is 4.79. The average Bonchev–Trinajstić information content (AvgIpc) is 3.09. The number of aromatic nitrogens is 2. The second-order valence-electron chi connectivity index (χ2n) is 7.59. The van der Waals surface area contributed by atoms with Crippen molar-refractivity contribution in [1.82, 2.24) is 9.97 Å². The Labute approximate surface area is 188 Å². The van der Waals surface area contributed by atoms with Gasteiger partial charge in [-0.05, 0) is 31.2 Å². The van der Waals surface area contributed by atoms with Crippen LogP contribution in [0.15, 0.2) is 53.7 Å². The van der Waals surface area contributed by atoms with Crippen molar-refractivity contribution < 1.29 is 14.6 Å². The molecule has 2 N–H and O–H groups in total. The Bertz CT molecular complexity index is 1020. The van der Waals surface area contributed by atoms with E-state index < -0.39 is 5.60 Å². The van der Waals surface area contributed by atoms with Gasteiger partial charge in [0, 0.05) is 33.3 Å². The minimum absolute atomic E-state index is 0.0206. The number of cyclic esters (lactones) is 1. The van der Waals surface area contributed by atoms with Crippen LogP contribution in [0, 0.1) is 0 Å². The number of ether oxygens (including phenoxy) is 1. The number of esters is 1. The van der Waals surface area contributed by atoms with Crippen LogP contribution in [0.4, 0.5) is 0 Å². The lowest BCUT2D eigenvalue weighted by molar-refractivity contribution is -0.165. The molecule has 0 spiro atoms. The lowest BCUT2D eigenvalue weighted by Crippen LogP contribution is -2.41. The van der Waals surface area contributed by atoms with Gasteiger partial charge in [0.1, 0.15) is 6.10 Å². The third-order valence-corrected chi connectivity index (χ3v) is 6.27. The van der Waals surface area contributed by atoms with Crippen molar-refractivity contribution in [3.8, 4) is 22.5 Å². The highest BCUT2D eigenvalue weighted by molar-refractivity contribution is 7.99. The summed E-state index contributed by atoms with van der Waals surface area (Å²) in [6.07, 6.45) is 0.0437. The first kappa shape index (κ1) is 21.2. The summed E-state index contributed by atoms with van der Waals surface area (Å²) in [6, 6.07) is 15.0. The Balaban J connectivity index is 1.63. The first-order chi connectivity index (χ1) is 14.3. The van der Waals surface area contributed by atoms with Gasteiger partial charge in [0.25, 0.3) is 0 Å². The second-order valence-corrected chi connectivity index (χ2v) is 9.47. The van der Waals surface area contributed by atoms with Gasteiger partial charge >= 0.3 is 5.97 Å². The molecule has 5 nitrogen and oxygen atoms in total. The van der Waals surface area contributed by atoms with Crippen LogP contribution in [-0.4, -0.2) is 38.5 Å². The van der Waals surface area contributed by atoms with Crippen LogP contribution in [0.1, 0.15) is 19.8 Å². The third kappa shape index (κ3) is 5.01. The summed E-state index contributed by atoms with van der Waals surface area (Å²) in [5.41, 5.74) is 2.34. The number of benzene rings is 2. The number of halogens is 2. The van der Waals surface area contributed by atoms with Gasteiger partial charge in [0.2, 0.25) is 0 Å². The molecule has 0 radical (unpaired) electrons. The van der Waals surface area contributed by atoms with E-state index in [0.717, 1.165) is 22.5 Å². The highest BCUT2D eigenvalue weighted by atomic mass is 35.5. The fraction of sp³-hybridized carbons (Fsp3) is 0.273. The van der Waals surface area contributed by atoms with E-state index >= 15 is 0 Å². The lowest BCUT2D eigenvalue weighted by atomic mass is 9.93. The zero-order chi connectivity index (χ0) is 21.3. The van der Waals surface area contributed by atoms with Crippen LogP contribution in [-0.2, 0) is 9.53 Å². The van der Waals surface area contributed by atoms with Gasteiger partial charge in [-0.25, -0.2) is 4.98 Å². The summed E-state index contributed by atoms with van der Waals surface area (Å²) in [4.78, 5) is 19.9. The lowest BCUT2D eigenvalue weighted by Gasteiger charge is -2.32. The molecule has 1 aliphatic rings. The predicted molar refractivity (Wildman–Crippen MR) is 120 cm³/mol. The number of hydrogen-bond donors (Lipinski definition) is 2. The van der Waals surface area contributed by atoms with Crippen LogP contribution in [0.2, 0.25) is 10.0 Å². The van der Waals surface area contributed by atoms with E-state index in [2.05, 4.69) is 4.98 Å².